The smallest absolute Gasteiger partial charge is 0.134 e. The van der Waals surface area contributed by atoms with Crippen LogP contribution < -0.4 is 0 Å². The van der Waals surface area contributed by atoms with Gasteiger partial charge in [-0.2, -0.15) is 0 Å². The van der Waals surface area contributed by atoms with E-state index < -0.39 is 0 Å². The standard InChI is InChI=1S/C17H22O.2C15H18O.2C14H18O.C13H16O/c1-12-4-5-14-11-16(18-15(14)10-12)13-6-8-17(2,3)9-7-13;1-11-7-8-14-13(9-11)10-15(16-14)12-5-3-2-4-6-12;1-11-7-8-13-10-15(16-14(13)9-11)12-5-3-2-4-6-12;1-10-5-6-13-11(7-10)8-12(15-13)9-14(2,3)4;1-10-5-6-11-8-12(9-14(2,3)4)15-13(11)7-10;1-9(2)6-12-8-11-7-10(3)4-5-13(11)14-12/h4-5,10-11,13H,6-9H2,1-3H3;2*7-10,12H,2-6H2,1H3;2*5-8H,9H2,1-4H3;4-5,7-9H,6H2,1-3H3. The molecule has 6 aromatic heterocycles. The third kappa shape index (κ3) is 19.8. The molecule has 0 spiro atoms. The molecule has 0 bridgehead atoms. The van der Waals surface area contributed by atoms with Crippen LogP contribution in [0.4, 0.5) is 0 Å². The number of hydrogen-bond donors (Lipinski definition) is 0. The largest absolute Gasteiger partial charge is 0.461 e. The Morgan fingerprint density at radius 3 is 1.04 bits per heavy atom. The molecule has 0 N–H and O–H groups in total. The molecule has 498 valence electrons. The summed E-state index contributed by atoms with van der Waals surface area (Å²) in [6, 6.07) is 51.5. The van der Waals surface area contributed by atoms with Gasteiger partial charge >= 0.3 is 0 Å². The third-order valence-electron chi connectivity index (χ3n) is 19.0. The van der Waals surface area contributed by atoms with Crippen LogP contribution in [0.15, 0.2) is 172 Å². The van der Waals surface area contributed by atoms with Crippen molar-refractivity contribution in [2.45, 2.75) is 238 Å². The first-order valence-electron chi connectivity index (χ1n) is 35.7. The molecule has 6 nitrogen and oxygen atoms in total. The Labute approximate surface area is 562 Å². The molecule has 0 aliphatic heterocycles. The number of hydrogen-bond acceptors (Lipinski definition) is 6. The summed E-state index contributed by atoms with van der Waals surface area (Å²) in [4.78, 5) is 0. The van der Waals surface area contributed by atoms with E-state index in [1.165, 1.54) is 173 Å². The second kappa shape index (κ2) is 30.5. The highest BCUT2D eigenvalue weighted by Gasteiger charge is 2.30. The SMILES string of the molecule is Cc1ccc2cc(C3CCC(C)(C)CC3)oc2c1.Cc1ccc2cc(C3CCCCC3)oc2c1.Cc1ccc2cc(CC(C)(C)C)oc2c1.Cc1ccc2oc(C3CCCCC3)cc2c1.Cc1ccc2oc(CC(C)(C)C)cc2c1.Cc1ccc2oc(CC(C)C)cc2c1. The molecule has 3 aliphatic carbocycles. The Balaban J connectivity index is 0.000000123. The van der Waals surface area contributed by atoms with Gasteiger partial charge in [-0.3, -0.25) is 0 Å². The van der Waals surface area contributed by atoms with Crippen molar-refractivity contribution in [1.82, 2.24) is 0 Å². The highest BCUT2D eigenvalue weighted by molar-refractivity contribution is 5.82. The second-order valence-electron chi connectivity index (χ2n) is 32.0. The molecule has 6 heteroatoms. The fourth-order valence-corrected chi connectivity index (χ4v) is 13.9. The first kappa shape index (κ1) is 69.4. The van der Waals surface area contributed by atoms with Gasteiger partial charge in [0.25, 0.3) is 0 Å². The zero-order valence-corrected chi connectivity index (χ0v) is 60.1. The average Bonchev–Trinajstić information content (AvgIpc) is 1.72. The van der Waals surface area contributed by atoms with Crippen LogP contribution in [0.5, 0.6) is 0 Å². The fourth-order valence-electron chi connectivity index (χ4n) is 13.9. The van der Waals surface area contributed by atoms with Crippen molar-refractivity contribution in [3.63, 3.8) is 0 Å². The number of furan rings is 6. The van der Waals surface area contributed by atoms with E-state index in [0.29, 0.717) is 29.1 Å². The minimum absolute atomic E-state index is 0.281. The first-order chi connectivity index (χ1) is 44.7. The van der Waals surface area contributed by atoms with E-state index in [1.54, 1.807) is 0 Å². The van der Waals surface area contributed by atoms with Crippen molar-refractivity contribution < 1.29 is 26.5 Å². The number of fused-ring (bicyclic) bond motifs is 6. The predicted molar refractivity (Wildman–Crippen MR) is 397 cm³/mol. The summed E-state index contributed by atoms with van der Waals surface area (Å²) in [5, 5.41) is 7.42. The molecular weight excluding hydrogens is 1150 g/mol. The molecule has 94 heavy (non-hydrogen) atoms. The van der Waals surface area contributed by atoms with Crippen molar-refractivity contribution in [2.24, 2.45) is 22.2 Å². The normalized spacial score (nSPS) is 15.7. The van der Waals surface area contributed by atoms with E-state index in [1.807, 2.05) is 0 Å². The van der Waals surface area contributed by atoms with Gasteiger partial charge < -0.3 is 26.5 Å². The molecule has 0 unspecified atom stereocenters. The third-order valence-corrected chi connectivity index (χ3v) is 19.0. The maximum atomic E-state index is 6.06. The van der Waals surface area contributed by atoms with Gasteiger partial charge in [-0.15, -0.1) is 0 Å². The van der Waals surface area contributed by atoms with E-state index in [-0.39, 0.29) is 10.8 Å². The topological polar surface area (TPSA) is 78.8 Å². The summed E-state index contributed by atoms with van der Waals surface area (Å²) in [6.45, 7) is 35.2. The summed E-state index contributed by atoms with van der Waals surface area (Å²) in [6.07, 6.45) is 21.6. The molecule has 12 aromatic rings. The first-order valence-corrected chi connectivity index (χ1v) is 35.7. The predicted octanol–water partition coefficient (Wildman–Crippen LogP) is 27.6. The second-order valence-corrected chi connectivity index (χ2v) is 32.0. The average molecular weight is 1260 g/mol. The maximum Gasteiger partial charge on any atom is 0.134 e. The van der Waals surface area contributed by atoms with E-state index in [4.69, 9.17) is 26.5 Å². The zero-order valence-electron chi connectivity index (χ0n) is 60.1. The van der Waals surface area contributed by atoms with Crippen LogP contribution in [0.1, 0.15) is 245 Å². The van der Waals surface area contributed by atoms with E-state index in [9.17, 15) is 0 Å². The summed E-state index contributed by atoms with van der Waals surface area (Å²) in [5.74, 6) is 9.50. The lowest BCUT2D eigenvalue weighted by atomic mass is 9.72. The fraction of sp³-hybridized carbons (Fsp3) is 0.455. The summed E-state index contributed by atoms with van der Waals surface area (Å²) < 4.78 is 35.4. The number of benzene rings is 6. The Bertz CT molecular complexity index is 4180. The highest BCUT2D eigenvalue weighted by Crippen LogP contribution is 2.44. The Morgan fingerprint density at radius 1 is 0.330 bits per heavy atom. The monoisotopic (exact) mass is 1260 g/mol. The van der Waals surface area contributed by atoms with Gasteiger partial charge in [0.1, 0.15) is 68.1 Å². The van der Waals surface area contributed by atoms with Gasteiger partial charge in [0.2, 0.25) is 0 Å². The lowest BCUT2D eigenvalue weighted by Crippen LogP contribution is -2.19. The molecule has 0 amide bonds. The van der Waals surface area contributed by atoms with Crippen LogP contribution in [0.3, 0.4) is 0 Å². The Hall–Kier alpha value is -7.44. The van der Waals surface area contributed by atoms with Gasteiger partial charge in [0, 0.05) is 69.3 Å². The van der Waals surface area contributed by atoms with Gasteiger partial charge in [-0.05, 0) is 223 Å². The number of rotatable bonds is 7. The van der Waals surface area contributed by atoms with Crippen LogP contribution in [0.2, 0.25) is 0 Å². The molecule has 6 aromatic carbocycles. The van der Waals surface area contributed by atoms with Crippen LogP contribution >= 0.6 is 0 Å². The van der Waals surface area contributed by atoms with Crippen LogP contribution in [0.25, 0.3) is 65.8 Å². The van der Waals surface area contributed by atoms with E-state index >= 15 is 0 Å². The number of aryl methyl sites for hydroxylation is 6. The van der Waals surface area contributed by atoms with Crippen LogP contribution in [0, 0.1) is 63.7 Å². The highest BCUT2D eigenvalue weighted by atomic mass is 16.4. The van der Waals surface area contributed by atoms with Crippen LogP contribution in [-0.4, -0.2) is 0 Å². The summed E-state index contributed by atoms with van der Waals surface area (Å²) >= 11 is 0. The lowest BCUT2D eigenvalue weighted by Gasteiger charge is -2.33. The lowest BCUT2D eigenvalue weighted by molar-refractivity contribution is 0.213. The van der Waals surface area contributed by atoms with E-state index in [0.717, 1.165) is 70.0 Å². The molecule has 15 rings (SSSR count). The van der Waals surface area contributed by atoms with Crippen molar-refractivity contribution in [3.05, 3.63) is 214 Å². The van der Waals surface area contributed by atoms with Crippen molar-refractivity contribution in [3.8, 4) is 0 Å². The maximum absolute atomic E-state index is 6.06. The molecule has 6 heterocycles. The molecule has 3 saturated carbocycles. The molecule has 3 aliphatic rings. The van der Waals surface area contributed by atoms with Crippen molar-refractivity contribution in [1.29, 1.82) is 0 Å². The summed E-state index contributed by atoms with van der Waals surface area (Å²) in [7, 11) is 0. The van der Waals surface area contributed by atoms with Gasteiger partial charge in [0.05, 0.1) is 0 Å². The van der Waals surface area contributed by atoms with Gasteiger partial charge in [-0.25, -0.2) is 0 Å². The van der Waals surface area contributed by atoms with Crippen molar-refractivity contribution >= 4 is 65.8 Å². The minimum atomic E-state index is 0.281. The van der Waals surface area contributed by atoms with Crippen LogP contribution in [-0.2, 0) is 19.3 Å². The molecule has 0 saturated heterocycles. The Morgan fingerprint density at radius 2 is 0.628 bits per heavy atom. The Kier molecular flexibility index (Phi) is 22.5. The molecule has 3 fully saturated rings. The van der Waals surface area contributed by atoms with E-state index in [2.05, 4.69) is 256 Å². The van der Waals surface area contributed by atoms with Crippen molar-refractivity contribution in [2.75, 3.05) is 0 Å². The molecule has 0 atom stereocenters. The minimum Gasteiger partial charge on any atom is -0.461 e. The molecular formula is C88H110O6. The summed E-state index contributed by atoms with van der Waals surface area (Å²) in [5.41, 5.74) is 14.9. The quantitative estimate of drug-likeness (QED) is 0.158. The van der Waals surface area contributed by atoms with Gasteiger partial charge in [0.15, 0.2) is 0 Å². The van der Waals surface area contributed by atoms with Gasteiger partial charge in [-0.1, -0.05) is 179 Å². The molecule has 0 radical (unpaired) electrons. The zero-order chi connectivity index (χ0) is 66.9.